The molecule has 1 aromatic heterocycles. The molecule has 0 bridgehead atoms. The van der Waals surface area contributed by atoms with Gasteiger partial charge in [0.15, 0.2) is 11.7 Å². The third-order valence-corrected chi connectivity index (χ3v) is 4.28. The molecule has 20 heavy (non-hydrogen) atoms. The zero-order valence-corrected chi connectivity index (χ0v) is 11.6. The molecule has 1 aliphatic carbocycles. The first-order valence-electron chi connectivity index (χ1n) is 6.54. The van der Waals surface area contributed by atoms with Crippen LogP contribution in [-0.2, 0) is 14.3 Å². The quantitative estimate of drug-likeness (QED) is 0.879. The van der Waals surface area contributed by atoms with Crippen molar-refractivity contribution in [2.45, 2.75) is 19.3 Å². The molecule has 0 unspecified atom stereocenters. The van der Waals surface area contributed by atoms with Crippen molar-refractivity contribution in [1.82, 2.24) is 4.98 Å². The summed E-state index contributed by atoms with van der Waals surface area (Å²) in [6, 6.07) is 7.65. The van der Waals surface area contributed by atoms with Crippen molar-refractivity contribution in [2.24, 2.45) is 5.92 Å². The van der Waals surface area contributed by atoms with Crippen molar-refractivity contribution in [3.8, 4) is 0 Å². The van der Waals surface area contributed by atoms with Gasteiger partial charge in [-0.1, -0.05) is 29.9 Å². The highest BCUT2D eigenvalue weighted by atomic mass is 32.1. The molecule has 104 valence electrons. The number of aromatic nitrogens is 1. The van der Waals surface area contributed by atoms with Gasteiger partial charge in [0, 0.05) is 0 Å². The van der Waals surface area contributed by atoms with Crippen molar-refractivity contribution in [2.75, 3.05) is 11.9 Å². The van der Waals surface area contributed by atoms with E-state index in [1.165, 1.54) is 11.3 Å². The number of hydrogen-bond donors (Lipinski definition) is 1. The summed E-state index contributed by atoms with van der Waals surface area (Å²) in [6.45, 7) is -0.245. The monoisotopic (exact) mass is 290 g/mol. The fourth-order valence-electron chi connectivity index (χ4n) is 1.98. The molecule has 1 N–H and O–H groups in total. The first kappa shape index (κ1) is 13.1. The lowest BCUT2D eigenvalue weighted by atomic mass is 9.86. The van der Waals surface area contributed by atoms with Crippen molar-refractivity contribution in [3.05, 3.63) is 24.3 Å². The van der Waals surface area contributed by atoms with Crippen LogP contribution in [0, 0.1) is 5.92 Å². The van der Waals surface area contributed by atoms with Gasteiger partial charge in [0.25, 0.3) is 5.91 Å². The van der Waals surface area contributed by atoms with E-state index >= 15 is 0 Å². The van der Waals surface area contributed by atoms with Gasteiger partial charge in [0.1, 0.15) is 0 Å². The van der Waals surface area contributed by atoms with Crippen LogP contribution in [0.4, 0.5) is 5.13 Å². The van der Waals surface area contributed by atoms with E-state index in [4.69, 9.17) is 4.74 Å². The highest BCUT2D eigenvalue weighted by Crippen LogP contribution is 2.27. The van der Waals surface area contributed by atoms with Gasteiger partial charge in [-0.05, 0) is 25.0 Å². The minimum Gasteiger partial charge on any atom is -0.455 e. The molecule has 0 atom stereocenters. The lowest BCUT2D eigenvalue weighted by Gasteiger charge is -2.22. The number of esters is 1. The molecule has 1 heterocycles. The number of carbonyl (C=O) groups excluding carboxylic acids is 2. The number of ether oxygens (including phenoxy) is 1. The first-order chi connectivity index (χ1) is 9.72. The molecule has 1 fully saturated rings. The van der Waals surface area contributed by atoms with Gasteiger partial charge in [0.2, 0.25) is 0 Å². The summed E-state index contributed by atoms with van der Waals surface area (Å²) >= 11 is 1.40. The zero-order chi connectivity index (χ0) is 13.9. The minimum atomic E-state index is -0.350. The predicted octanol–water partition coefficient (Wildman–Crippen LogP) is 2.58. The molecular formula is C14H14N2O3S. The molecule has 1 aromatic carbocycles. The number of anilines is 1. The Balaban J connectivity index is 1.54. The number of nitrogens with one attached hydrogen (secondary N) is 1. The standard InChI is InChI=1S/C14H14N2O3S/c17-12(8-19-13(18)9-4-3-5-9)16-14-15-10-6-1-2-7-11(10)20-14/h1-2,6-7,9H,3-5,8H2,(H,15,16,17). The van der Waals surface area contributed by atoms with E-state index in [1.54, 1.807) is 0 Å². The summed E-state index contributed by atoms with van der Waals surface area (Å²) in [5.41, 5.74) is 0.847. The molecule has 0 saturated heterocycles. The van der Waals surface area contributed by atoms with Crippen LogP contribution in [0.5, 0.6) is 0 Å². The van der Waals surface area contributed by atoms with Gasteiger partial charge < -0.3 is 4.74 Å². The van der Waals surface area contributed by atoms with Crippen LogP contribution >= 0.6 is 11.3 Å². The Labute approximate surface area is 120 Å². The molecule has 1 aliphatic rings. The number of carbonyl (C=O) groups is 2. The summed E-state index contributed by atoms with van der Waals surface area (Å²) < 4.78 is 5.99. The number of para-hydroxylation sites is 1. The molecule has 1 amide bonds. The maximum absolute atomic E-state index is 11.7. The Kier molecular flexibility index (Phi) is 3.64. The normalized spacial score (nSPS) is 14.8. The second-order valence-corrected chi connectivity index (χ2v) is 5.80. The zero-order valence-electron chi connectivity index (χ0n) is 10.8. The number of hydrogen-bond acceptors (Lipinski definition) is 5. The largest absolute Gasteiger partial charge is 0.455 e. The summed E-state index contributed by atoms with van der Waals surface area (Å²) in [7, 11) is 0. The van der Waals surface area contributed by atoms with Crippen molar-refractivity contribution >= 4 is 38.6 Å². The fourth-order valence-corrected chi connectivity index (χ4v) is 2.86. The molecule has 0 radical (unpaired) electrons. The van der Waals surface area contributed by atoms with Crippen molar-refractivity contribution in [1.29, 1.82) is 0 Å². The maximum Gasteiger partial charge on any atom is 0.309 e. The Morgan fingerprint density at radius 2 is 2.15 bits per heavy atom. The maximum atomic E-state index is 11.7. The molecular weight excluding hydrogens is 276 g/mol. The highest BCUT2D eigenvalue weighted by Gasteiger charge is 2.27. The molecule has 6 heteroatoms. The fraction of sp³-hybridized carbons (Fsp3) is 0.357. The van der Waals surface area contributed by atoms with E-state index in [2.05, 4.69) is 10.3 Å². The number of benzene rings is 1. The molecule has 0 spiro atoms. The summed E-state index contributed by atoms with van der Waals surface area (Å²) in [4.78, 5) is 27.5. The third kappa shape index (κ3) is 2.80. The van der Waals surface area contributed by atoms with E-state index < -0.39 is 0 Å². The average Bonchev–Trinajstić information content (AvgIpc) is 2.76. The summed E-state index contributed by atoms with van der Waals surface area (Å²) in [5.74, 6) is -0.627. The Morgan fingerprint density at radius 1 is 1.35 bits per heavy atom. The molecule has 2 aromatic rings. The van der Waals surface area contributed by atoms with Gasteiger partial charge in [0.05, 0.1) is 16.1 Å². The number of rotatable bonds is 4. The number of nitrogens with zero attached hydrogens (tertiary/aromatic N) is 1. The van der Waals surface area contributed by atoms with E-state index in [0.717, 1.165) is 29.5 Å². The molecule has 1 saturated carbocycles. The Bertz CT molecular complexity index is 616. The minimum absolute atomic E-state index is 0.00903. The van der Waals surface area contributed by atoms with Crippen LogP contribution in [0.15, 0.2) is 24.3 Å². The number of thiazole rings is 1. The van der Waals surface area contributed by atoms with Crippen molar-refractivity contribution < 1.29 is 14.3 Å². The van der Waals surface area contributed by atoms with Gasteiger partial charge in [-0.2, -0.15) is 0 Å². The lowest BCUT2D eigenvalue weighted by molar-refractivity contribution is -0.154. The predicted molar refractivity (Wildman–Crippen MR) is 76.5 cm³/mol. The van der Waals surface area contributed by atoms with E-state index in [-0.39, 0.29) is 24.4 Å². The van der Waals surface area contributed by atoms with E-state index in [1.807, 2.05) is 24.3 Å². The van der Waals surface area contributed by atoms with Crippen LogP contribution in [0.25, 0.3) is 10.2 Å². The van der Waals surface area contributed by atoms with E-state index in [0.29, 0.717) is 5.13 Å². The summed E-state index contributed by atoms with van der Waals surface area (Å²) in [6.07, 6.45) is 2.81. The van der Waals surface area contributed by atoms with Gasteiger partial charge in [-0.15, -0.1) is 0 Å². The lowest BCUT2D eigenvalue weighted by Crippen LogP contribution is -2.28. The Morgan fingerprint density at radius 3 is 2.85 bits per heavy atom. The van der Waals surface area contributed by atoms with Gasteiger partial charge in [-0.25, -0.2) is 4.98 Å². The van der Waals surface area contributed by atoms with Crippen LogP contribution in [0.1, 0.15) is 19.3 Å². The van der Waals surface area contributed by atoms with Crippen LogP contribution < -0.4 is 5.32 Å². The smallest absolute Gasteiger partial charge is 0.309 e. The molecule has 5 nitrogen and oxygen atoms in total. The first-order valence-corrected chi connectivity index (χ1v) is 7.36. The SMILES string of the molecule is O=C(COC(=O)C1CCC1)Nc1nc2ccccc2s1. The Hall–Kier alpha value is -1.95. The topological polar surface area (TPSA) is 68.3 Å². The number of fused-ring (bicyclic) bond motifs is 1. The second kappa shape index (κ2) is 5.58. The van der Waals surface area contributed by atoms with Crippen LogP contribution in [0.2, 0.25) is 0 Å². The third-order valence-electron chi connectivity index (χ3n) is 3.32. The van der Waals surface area contributed by atoms with Gasteiger partial charge in [-0.3, -0.25) is 14.9 Å². The molecule has 0 aliphatic heterocycles. The van der Waals surface area contributed by atoms with E-state index in [9.17, 15) is 9.59 Å². The number of amides is 1. The molecule has 3 rings (SSSR count). The second-order valence-electron chi connectivity index (χ2n) is 4.77. The highest BCUT2D eigenvalue weighted by molar-refractivity contribution is 7.22. The van der Waals surface area contributed by atoms with Crippen LogP contribution in [-0.4, -0.2) is 23.5 Å². The average molecular weight is 290 g/mol. The summed E-state index contributed by atoms with van der Waals surface area (Å²) in [5, 5.41) is 3.18. The van der Waals surface area contributed by atoms with Crippen molar-refractivity contribution in [3.63, 3.8) is 0 Å². The van der Waals surface area contributed by atoms with Crippen LogP contribution in [0.3, 0.4) is 0 Å². The van der Waals surface area contributed by atoms with Gasteiger partial charge >= 0.3 is 5.97 Å².